The number of nitrogens with one attached hydrogen (secondary N) is 1. The molecule has 1 fully saturated rings. The summed E-state index contributed by atoms with van der Waals surface area (Å²) < 4.78 is 53.5. The van der Waals surface area contributed by atoms with E-state index >= 15 is 0 Å². The van der Waals surface area contributed by atoms with E-state index in [-0.39, 0.29) is 17.7 Å². The van der Waals surface area contributed by atoms with Gasteiger partial charge in [0.2, 0.25) is 21.9 Å². The van der Waals surface area contributed by atoms with Gasteiger partial charge in [-0.25, -0.2) is 13.4 Å². The molecular weight excluding hydrogens is 498 g/mol. The van der Waals surface area contributed by atoms with Crippen molar-refractivity contribution in [2.75, 3.05) is 33.2 Å². The zero-order chi connectivity index (χ0) is 26.6. The van der Waals surface area contributed by atoms with Crippen molar-refractivity contribution in [1.82, 2.24) is 19.7 Å². The molecule has 1 aliphatic carbocycles. The number of rotatable bonds is 12. The van der Waals surface area contributed by atoms with Crippen molar-refractivity contribution in [3.8, 4) is 34.6 Å². The molecule has 12 heteroatoms. The smallest absolute Gasteiger partial charge is 0.244 e. The number of benzene rings is 1. The second-order valence-corrected chi connectivity index (χ2v) is 10.3. The van der Waals surface area contributed by atoms with Gasteiger partial charge in [0.1, 0.15) is 28.1 Å². The third kappa shape index (κ3) is 5.12. The van der Waals surface area contributed by atoms with Crippen LogP contribution in [0.1, 0.15) is 19.3 Å². The van der Waals surface area contributed by atoms with Crippen LogP contribution < -0.4 is 18.9 Å². The summed E-state index contributed by atoms with van der Waals surface area (Å²) in [6, 6.07) is 10.4. The average Bonchev–Trinajstić information content (AvgIpc) is 3.28. The number of hydrogen-bond donors (Lipinski definition) is 1. The number of ether oxygens (including phenoxy) is 4. The lowest BCUT2D eigenvalue weighted by Crippen LogP contribution is -2.44. The minimum Gasteiger partial charge on any atom is -0.494 e. The molecule has 0 radical (unpaired) electrons. The van der Waals surface area contributed by atoms with Gasteiger partial charge in [0.05, 0.1) is 27.4 Å². The topological polar surface area (TPSA) is 127 Å². The fourth-order valence-corrected chi connectivity index (χ4v) is 5.89. The molecule has 1 saturated carbocycles. The number of methoxy groups -OCH3 is 4. The van der Waals surface area contributed by atoms with E-state index in [2.05, 4.69) is 26.5 Å². The average molecular weight is 530 g/mol. The summed E-state index contributed by atoms with van der Waals surface area (Å²) in [5.41, 5.74) is 0.794. The summed E-state index contributed by atoms with van der Waals surface area (Å²) >= 11 is 0. The lowest BCUT2D eigenvalue weighted by Gasteiger charge is -2.36. The number of sulfonamides is 1. The summed E-state index contributed by atoms with van der Waals surface area (Å²) in [7, 11) is 1.98. The van der Waals surface area contributed by atoms with Crippen molar-refractivity contribution in [1.29, 1.82) is 0 Å². The number of para-hydroxylation sites is 1. The van der Waals surface area contributed by atoms with Crippen LogP contribution in [0.15, 0.2) is 49.1 Å². The van der Waals surface area contributed by atoms with Gasteiger partial charge in [-0.2, -0.15) is 0 Å². The van der Waals surface area contributed by atoms with Crippen LogP contribution in [0.4, 0.5) is 5.95 Å². The van der Waals surface area contributed by atoms with Gasteiger partial charge in [-0.05, 0) is 37.0 Å². The Hall–Kier alpha value is -3.64. The molecule has 0 bridgehead atoms. The monoisotopic (exact) mass is 529 g/mol. The first kappa shape index (κ1) is 26.4. The van der Waals surface area contributed by atoms with Crippen LogP contribution >= 0.6 is 0 Å². The lowest BCUT2D eigenvalue weighted by molar-refractivity contribution is 0.0239. The van der Waals surface area contributed by atoms with E-state index < -0.39 is 21.4 Å². The molecule has 1 aliphatic rings. The van der Waals surface area contributed by atoms with Crippen LogP contribution in [0.3, 0.4) is 0 Å². The fraction of sp³-hybridized carbons (Fsp3) is 0.400. The van der Waals surface area contributed by atoms with E-state index in [1.807, 2.05) is 0 Å². The second-order valence-electron chi connectivity index (χ2n) is 8.50. The van der Waals surface area contributed by atoms with Crippen LogP contribution in [-0.2, 0) is 14.8 Å². The van der Waals surface area contributed by atoms with Crippen LogP contribution in [-0.4, -0.2) is 68.0 Å². The van der Waals surface area contributed by atoms with Crippen molar-refractivity contribution < 1.29 is 27.4 Å². The molecule has 2 aromatic heterocycles. The summed E-state index contributed by atoms with van der Waals surface area (Å²) in [4.78, 5) is 4.46. The third-order valence-corrected chi connectivity index (χ3v) is 8.13. The molecule has 198 valence electrons. The largest absolute Gasteiger partial charge is 0.494 e. The maximum Gasteiger partial charge on any atom is 0.244 e. The molecule has 11 nitrogen and oxygen atoms in total. The molecule has 2 heterocycles. The first-order valence-electron chi connectivity index (χ1n) is 11.7. The van der Waals surface area contributed by atoms with Crippen LogP contribution in [0.5, 0.6) is 17.4 Å². The minimum atomic E-state index is -4.05. The van der Waals surface area contributed by atoms with E-state index in [9.17, 15) is 8.42 Å². The van der Waals surface area contributed by atoms with Gasteiger partial charge in [-0.15, -0.1) is 16.8 Å². The predicted molar refractivity (Wildman–Crippen MR) is 139 cm³/mol. The molecule has 1 aromatic carbocycles. The molecule has 3 aromatic rings. The SMILES string of the molecule is C=C[C@H]([C@H](OC)C1CCC1)S(=O)(=O)Nc1nnc(-c2cccc(OC)n2)n1-c1c(OC)cccc1OC. The molecule has 0 spiro atoms. The maximum atomic E-state index is 13.7. The number of pyridine rings is 1. The van der Waals surface area contributed by atoms with Gasteiger partial charge in [0, 0.05) is 13.2 Å². The van der Waals surface area contributed by atoms with Crippen LogP contribution in [0, 0.1) is 5.92 Å². The van der Waals surface area contributed by atoms with Crippen molar-refractivity contribution in [2.24, 2.45) is 5.92 Å². The molecule has 37 heavy (non-hydrogen) atoms. The van der Waals surface area contributed by atoms with Gasteiger partial charge in [-0.1, -0.05) is 24.6 Å². The lowest BCUT2D eigenvalue weighted by atomic mass is 9.80. The van der Waals surface area contributed by atoms with Crippen LogP contribution in [0.2, 0.25) is 0 Å². The highest BCUT2D eigenvalue weighted by Gasteiger charge is 2.40. The first-order chi connectivity index (χ1) is 17.9. The Morgan fingerprint density at radius 2 is 1.70 bits per heavy atom. The third-order valence-electron chi connectivity index (χ3n) is 6.48. The Kier molecular flexibility index (Phi) is 7.98. The quantitative estimate of drug-likeness (QED) is 0.351. The van der Waals surface area contributed by atoms with Gasteiger partial charge >= 0.3 is 0 Å². The Morgan fingerprint density at radius 3 is 2.24 bits per heavy atom. The van der Waals surface area contributed by atoms with E-state index in [0.717, 1.165) is 19.3 Å². The van der Waals surface area contributed by atoms with Gasteiger partial charge in [0.15, 0.2) is 5.82 Å². The van der Waals surface area contributed by atoms with Crippen molar-refractivity contribution >= 4 is 16.0 Å². The summed E-state index contributed by atoms with van der Waals surface area (Å²) in [6.07, 6.45) is 3.70. The molecule has 0 saturated heterocycles. The number of aromatic nitrogens is 4. The molecular formula is C25H31N5O6S. The Morgan fingerprint density at radius 1 is 1.03 bits per heavy atom. The normalized spacial score (nSPS) is 15.4. The van der Waals surface area contributed by atoms with Gasteiger partial charge < -0.3 is 18.9 Å². The summed E-state index contributed by atoms with van der Waals surface area (Å²) in [6.45, 7) is 3.78. The summed E-state index contributed by atoms with van der Waals surface area (Å²) in [5, 5.41) is 7.47. The fourth-order valence-electron chi connectivity index (χ4n) is 4.43. The molecule has 1 N–H and O–H groups in total. The summed E-state index contributed by atoms with van der Waals surface area (Å²) in [5.74, 6) is 1.49. The number of nitrogens with zero attached hydrogens (tertiary/aromatic N) is 4. The molecule has 4 rings (SSSR count). The zero-order valence-corrected chi connectivity index (χ0v) is 22.1. The molecule has 0 amide bonds. The highest BCUT2D eigenvalue weighted by Crippen LogP contribution is 2.39. The molecule has 0 aliphatic heterocycles. The Bertz CT molecular complexity index is 1330. The first-order valence-corrected chi connectivity index (χ1v) is 13.3. The highest BCUT2D eigenvalue weighted by atomic mass is 32.2. The van der Waals surface area contributed by atoms with E-state index in [1.165, 1.54) is 39.1 Å². The van der Waals surface area contributed by atoms with Crippen LogP contribution in [0.25, 0.3) is 17.2 Å². The Balaban J connectivity index is 1.88. The number of hydrogen-bond acceptors (Lipinski definition) is 9. The van der Waals surface area contributed by atoms with E-state index in [1.54, 1.807) is 36.4 Å². The standard InChI is InChI=1S/C25H31N5O6S/c1-6-20(23(36-5)16-10-7-11-16)37(31,32)29-25-28-27-24(17-12-8-15-21(26-17)35-4)30(25)22-18(33-2)13-9-14-19(22)34-3/h6,8-9,12-16,20,23H,1,7,10-11H2,2-5H3,(H,28,29)/t20-,23-/m1/s1. The van der Waals surface area contributed by atoms with Crippen molar-refractivity contribution in [3.63, 3.8) is 0 Å². The number of anilines is 1. The van der Waals surface area contributed by atoms with Crippen molar-refractivity contribution in [2.45, 2.75) is 30.6 Å². The molecule has 0 unspecified atom stereocenters. The van der Waals surface area contributed by atoms with Gasteiger partial charge in [-0.3, -0.25) is 9.29 Å². The van der Waals surface area contributed by atoms with E-state index in [4.69, 9.17) is 18.9 Å². The van der Waals surface area contributed by atoms with E-state index in [0.29, 0.717) is 28.8 Å². The highest BCUT2D eigenvalue weighted by molar-refractivity contribution is 7.93. The predicted octanol–water partition coefficient (Wildman–Crippen LogP) is 3.47. The van der Waals surface area contributed by atoms with Crippen molar-refractivity contribution in [3.05, 3.63) is 49.1 Å². The maximum absolute atomic E-state index is 13.7. The molecule has 2 atom stereocenters. The Labute approximate surface area is 216 Å². The second kappa shape index (κ2) is 11.2. The zero-order valence-electron chi connectivity index (χ0n) is 21.2. The van der Waals surface area contributed by atoms with Gasteiger partial charge in [0.25, 0.3) is 0 Å². The minimum absolute atomic E-state index is 0.0715.